The lowest BCUT2D eigenvalue weighted by molar-refractivity contribution is 0.475. The predicted octanol–water partition coefficient (Wildman–Crippen LogP) is 4.14. The van der Waals surface area contributed by atoms with Crippen molar-refractivity contribution in [1.82, 2.24) is 19.6 Å². The summed E-state index contributed by atoms with van der Waals surface area (Å²) in [4.78, 5) is 12.2. The van der Waals surface area contributed by atoms with E-state index < -0.39 is 0 Å². The number of thiophene rings is 1. The van der Waals surface area contributed by atoms with Crippen molar-refractivity contribution in [2.75, 3.05) is 0 Å². The zero-order chi connectivity index (χ0) is 17.1. The van der Waals surface area contributed by atoms with Gasteiger partial charge in [-0.3, -0.25) is 0 Å². The van der Waals surface area contributed by atoms with Crippen LogP contribution >= 0.6 is 11.3 Å². The predicted molar refractivity (Wildman–Crippen MR) is 99.2 cm³/mol. The summed E-state index contributed by atoms with van der Waals surface area (Å²) in [5.74, 6) is 2.47. The van der Waals surface area contributed by atoms with E-state index in [0.29, 0.717) is 11.7 Å². The molecule has 6 heteroatoms. The van der Waals surface area contributed by atoms with Crippen LogP contribution in [0, 0.1) is 12.8 Å². The average molecular weight is 350 g/mol. The van der Waals surface area contributed by atoms with Gasteiger partial charge < -0.3 is 5.11 Å². The molecule has 5 nitrogen and oxygen atoms in total. The van der Waals surface area contributed by atoms with Gasteiger partial charge in [-0.25, -0.2) is 9.97 Å². The molecule has 5 rings (SSSR count). The fourth-order valence-corrected chi connectivity index (χ4v) is 4.94. The third kappa shape index (κ3) is 2.24. The molecular formula is C19H18N4OS. The number of phenolic OH excluding ortho intramolecular Hbond substituents is 1. The Morgan fingerprint density at radius 1 is 1.20 bits per heavy atom. The summed E-state index contributed by atoms with van der Waals surface area (Å²) >= 11 is 1.81. The minimum Gasteiger partial charge on any atom is -0.508 e. The molecule has 0 radical (unpaired) electrons. The third-order valence-electron chi connectivity index (χ3n) is 5.02. The van der Waals surface area contributed by atoms with Crippen molar-refractivity contribution in [3.05, 3.63) is 40.5 Å². The van der Waals surface area contributed by atoms with Crippen LogP contribution in [-0.4, -0.2) is 24.7 Å². The highest BCUT2D eigenvalue weighted by atomic mass is 32.1. The molecule has 0 spiro atoms. The lowest BCUT2D eigenvalue weighted by atomic mass is 9.89. The van der Waals surface area contributed by atoms with Crippen LogP contribution in [0.5, 0.6) is 5.75 Å². The molecule has 3 heterocycles. The van der Waals surface area contributed by atoms with Crippen LogP contribution in [-0.2, 0) is 12.8 Å². The molecule has 0 bridgehead atoms. The molecule has 4 aromatic rings. The van der Waals surface area contributed by atoms with Crippen LogP contribution < -0.4 is 0 Å². The van der Waals surface area contributed by atoms with E-state index in [0.717, 1.165) is 34.7 Å². The van der Waals surface area contributed by atoms with E-state index in [9.17, 15) is 5.11 Å². The van der Waals surface area contributed by atoms with Crippen LogP contribution in [0.25, 0.3) is 27.3 Å². The molecule has 1 aliphatic carbocycles. The van der Waals surface area contributed by atoms with E-state index >= 15 is 0 Å². The summed E-state index contributed by atoms with van der Waals surface area (Å²) in [5, 5.41) is 15.4. The minimum absolute atomic E-state index is 0.244. The Hall–Kier alpha value is -2.47. The second-order valence-corrected chi connectivity index (χ2v) is 7.99. The van der Waals surface area contributed by atoms with Crippen molar-refractivity contribution < 1.29 is 5.11 Å². The second kappa shape index (κ2) is 5.26. The van der Waals surface area contributed by atoms with E-state index in [2.05, 4.69) is 12.0 Å². The van der Waals surface area contributed by atoms with E-state index in [1.807, 2.05) is 34.9 Å². The van der Waals surface area contributed by atoms with Crippen LogP contribution in [0.15, 0.2) is 24.3 Å². The van der Waals surface area contributed by atoms with Gasteiger partial charge in [0.1, 0.15) is 16.4 Å². The number of hydrogen-bond donors (Lipinski definition) is 1. The average Bonchev–Trinajstić information content (AvgIpc) is 3.17. The van der Waals surface area contributed by atoms with Crippen molar-refractivity contribution in [1.29, 1.82) is 0 Å². The standard InChI is InChI=1S/C19H18N4OS/c1-10-3-8-15-14(9-10)16-18-21-17(12-4-6-13(24)7-5-12)22-23(18)11(2)20-19(16)25-15/h4-7,10,24H,3,8-9H2,1-2H3. The van der Waals surface area contributed by atoms with Gasteiger partial charge >= 0.3 is 0 Å². The normalized spacial score (nSPS) is 17.3. The maximum Gasteiger partial charge on any atom is 0.182 e. The molecule has 25 heavy (non-hydrogen) atoms. The molecule has 1 aromatic carbocycles. The maximum atomic E-state index is 9.50. The van der Waals surface area contributed by atoms with Crippen molar-refractivity contribution in [2.45, 2.75) is 33.1 Å². The molecule has 0 saturated carbocycles. The highest BCUT2D eigenvalue weighted by Gasteiger charge is 2.24. The molecule has 3 aromatic heterocycles. The van der Waals surface area contributed by atoms with Crippen molar-refractivity contribution in [3.8, 4) is 17.1 Å². The minimum atomic E-state index is 0.244. The SMILES string of the molecule is Cc1nc2sc3c(c2c2nc(-c4ccc(O)cc4)nn12)CC(C)CC3. The zero-order valence-electron chi connectivity index (χ0n) is 14.2. The molecule has 0 saturated heterocycles. The third-order valence-corrected chi connectivity index (χ3v) is 6.20. The van der Waals surface area contributed by atoms with E-state index in [4.69, 9.17) is 9.97 Å². The number of aromatic hydroxyl groups is 1. The van der Waals surface area contributed by atoms with E-state index in [1.54, 1.807) is 12.1 Å². The highest BCUT2D eigenvalue weighted by Crippen LogP contribution is 2.39. The number of fused-ring (bicyclic) bond motifs is 5. The van der Waals surface area contributed by atoms with Gasteiger partial charge in [0.15, 0.2) is 11.5 Å². The topological polar surface area (TPSA) is 63.3 Å². The van der Waals surface area contributed by atoms with Crippen LogP contribution in [0.1, 0.15) is 29.6 Å². The summed E-state index contributed by atoms with van der Waals surface area (Å²) in [6.45, 7) is 4.29. The molecule has 0 fully saturated rings. The Morgan fingerprint density at radius 3 is 2.80 bits per heavy atom. The Bertz CT molecular complexity index is 1110. The number of benzene rings is 1. The summed E-state index contributed by atoms with van der Waals surface area (Å²) < 4.78 is 1.86. The monoisotopic (exact) mass is 350 g/mol. The molecule has 1 atom stereocenters. The van der Waals surface area contributed by atoms with Gasteiger partial charge in [0.25, 0.3) is 0 Å². The Balaban J connectivity index is 1.80. The molecule has 1 N–H and O–H groups in total. The molecule has 1 unspecified atom stereocenters. The van der Waals surface area contributed by atoms with Gasteiger partial charge in [0, 0.05) is 10.4 Å². The van der Waals surface area contributed by atoms with Gasteiger partial charge in [0.2, 0.25) is 0 Å². The van der Waals surface area contributed by atoms with Gasteiger partial charge in [-0.05, 0) is 61.9 Å². The van der Waals surface area contributed by atoms with E-state index in [-0.39, 0.29) is 5.75 Å². The molecule has 126 valence electrons. The maximum absolute atomic E-state index is 9.50. The summed E-state index contributed by atoms with van der Waals surface area (Å²) in [5.41, 5.74) is 3.21. The first kappa shape index (κ1) is 14.8. The van der Waals surface area contributed by atoms with Gasteiger partial charge in [-0.2, -0.15) is 4.52 Å². The second-order valence-electron chi connectivity index (χ2n) is 6.91. The van der Waals surface area contributed by atoms with Crippen LogP contribution in [0.4, 0.5) is 0 Å². The molecule has 1 aliphatic rings. The molecule has 0 amide bonds. The Labute approximate surface area is 149 Å². The van der Waals surface area contributed by atoms with Gasteiger partial charge in [0.05, 0.1) is 5.39 Å². The smallest absolute Gasteiger partial charge is 0.182 e. The first-order valence-electron chi connectivity index (χ1n) is 8.57. The number of nitrogens with zero attached hydrogens (tertiary/aromatic N) is 4. The fraction of sp³-hybridized carbons (Fsp3) is 0.316. The molecule has 0 aliphatic heterocycles. The Morgan fingerprint density at radius 2 is 2.00 bits per heavy atom. The van der Waals surface area contributed by atoms with Crippen LogP contribution in [0.2, 0.25) is 0 Å². The van der Waals surface area contributed by atoms with Crippen molar-refractivity contribution in [3.63, 3.8) is 0 Å². The first-order valence-corrected chi connectivity index (χ1v) is 9.39. The lowest BCUT2D eigenvalue weighted by Gasteiger charge is -2.17. The lowest BCUT2D eigenvalue weighted by Crippen LogP contribution is -2.09. The number of aryl methyl sites for hydroxylation is 2. The number of hydrogen-bond acceptors (Lipinski definition) is 5. The van der Waals surface area contributed by atoms with Gasteiger partial charge in [-0.1, -0.05) is 6.92 Å². The zero-order valence-corrected chi connectivity index (χ0v) is 15.0. The highest BCUT2D eigenvalue weighted by molar-refractivity contribution is 7.19. The van der Waals surface area contributed by atoms with Crippen molar-refractivity contribution in [2.24, 2.45) is 5.92 Å². The van der Waals surface area contributed by atoms with Gasteiger partial charge in [-0.15, -0.1) is 16.4 Å². The first-order chi connectivity index (χ1) is 12.1. The Kier molecular flexibility index (Phi) is 3.12. The van der Waals surface area contributed by atoms with E-state index in [1.165, 1.54) is 22.2 Å². The number of aromatic nitrogens is 4. The summed E-state index contributed by atoms with van der Waals surface area (Å²) in [6, 6.07) is 7.01. The summed E-state index contributed by atoms with van der Waals surface area (Å²) in [7, 11) is 0. The summed E-state index contributed by atoms with van der Waals surface area (Å²) in [6.07, 6.45) is 3.49. The fourth-order valence-electron chi connectivity index (χ4n) is 3.68. The number of rotatable bonds is 1. The largest absolute Gasteiger partial charge is 0.508 e. The van der Waals surface area contributed by atoms with Crippen molar-refractivity contribution >= 4 is 27.2 Å². The quantitative estimate of drug-likeness (QED) is 0.560. The molecular weight excluding hydrogens is 332 g/mol. The number of phenols is 1. The van der Waals surface area contributed by atoms with Crippen LogP contribution in [0.3, 0.4) is 0 Å².